The van der Waals surface area contributed by atoms with Crippen molar-refractivity contribution in [3.05, 3.63) is 95.6 Å². The number of carbonyl (C=O) groups is 2. The van der Waals surface area contributed by atoms with Crippen molar-refractivity contribution in [2.45, 2.75) is 47.0 Å². The second-order valence-electron chi connectivity index (χ2n) is 8.78. The summed E-state index contributed by atoms with van der Waals surface area (Å²) in [6, 6.07) is 19.7. The predicted molar refractivity (Wildman–Crippen MR) is 151 cm³/mol. The summed E-state index contributed by atoms with van der Waals surface area (Å²) in [6.45, 7) is 12.9. The van der Waals surface area contributed by atoms with E-state index in [2.05, 4.69) is 116 Å². The minimum atomic E-state index is -1.23. The number of aliphatic carboxylic acids is 2. The van der Waals surface area contributed by atoms with Crippen LogP contribution in [0.4, 0.5) is 5.69 Å². The van der Waals surface area contributed by atoms with E-state index in [1.807, 2.05) is 0 Å². The van der Waals surface area contributed by atoms with Crippen LogP contribution in [0.5, 0.6) is 0 Å². The van der Waals surface area contributed by atoms with Gasteiger partial charge < -0.3 is 24.7 Å². The fourth-order valence-corrected chi connectivity index (χ4v) is 4.34. The van der Waals surface area contributed by atoms with Gasteiger partial charge in [-0.3, -0.25) is 0 Å². The average Bonchev–Trinajstić information content (AvgIpc) is 2.92. The molecule has 2 aromatic rings. The van der Waals surface area contributed by atoms with Gasteiger partial charge in [0.05, 0.1) is 0 Å². The highest BCUT2D eigenvalue weighted by molar-refractivity contribution is 6.04. The van der Waals surface area contributed by atoms with Gasteiger partial charge in [-0.2, -0.15) is 0 Å². The Labute approximate surface area is 226 Å². The largest absolute Gasteiger partial charge is 0.550 e. The lowest BCUT2D eigenvalue weighted by Crippen LogP contribution is -2.25. The number of allylic oxidation sites excluding steroid dienone is 5. The lowest BCUT2D eigenvalue weighted by Gasteiger charge is -2.22. The lowest BCUT2D eigenvalue weighted by atomic mass is 9.90. The van der Waals surface area contributed by atoms with Gasteiger partial charge in [-0.15, -0.1) is 0 Å². The van der Waals surface area contributed by atoms with Crippen molar-refractivity contribution < 1.29 is 24.4 Å². The number of benzene rings is 2. The third kappa shape index (κ3) is 9.18. The zero-order valence-electron chi connectivity index (χ0n) is 23.0. The van der Waals surface area contributed by atoms with Gasteiger partial charge >= 0.3 is 0 Å². The quantitative estimate of drug-likeness (QED) is 0.427. The average molecular weight is 516 g/mol. The topological polar surface area (TPSA) is 86.5 Å². The first kappa shape index (κ1) is 30.3. The molecule has 0 aliphatic heterocycles. The van der Waals surface area contributed by atoms with Crippen molar-refractivity contribution in [3.63, 3.8) is 0 Å². The molecule has 0 amide bonds. The summed E-state index contributed by atoms with van der Waals surface area (Å²) in [5.74, 6) is -2.45. The Bertz CT molecular complexity index is 1130. The van der Waals surface area contributed by atoms with Crippen molar-refractivity contribution in [2.24, 2.45) is 0 Å². The van der Waals surface area contributed by atoms with E-state index >= 15 is 0 Å². The number of carbonyl (C=O) groups excluding carboxylic acids is 2. The maximum absolute atomic E-state index is 9.66. The predicted octanol–water partition coefficient (Wildman–Crippen LogP) is 3.61. The Morgan fingerprint density at radius 3 is 1.66 bits per heavy atom. The SMILES string of the molecule is CCN(CC)c1ccc(C(=C2C=CC(=[N+](CC)CC)C=C2)c2ccccc2)cc1.O=C([O-])CCCC(=O)[O-]. The van der Waals surface area contributed by atoms with Crippen LogP contribution in [-0.2, 0) is 9.59 Å². The molecule has 0 N–H and O–H groups in total. The van der Waals surface area contributed by atoms with Gasteiger partial charge in [0.15, 0.2) is 5.71 Å². The Hall–Kier alpha value is -3.93. The second-order valence-corrected chi connectivity index (χ2v) is 8.78. The smallest absolute Gasteiger partial charge is 0.199 e. The number of hydrogen-bond donors (Lipinski definition) is 0. The number of rotatable bonds is 11. The standard InChI is InChI=1S/C27H33N2.C5H8O4/c1-5-28(6-2)25-18-14-23(15-19-25)27(22-12-10-9-11-13-22)24-16-20-26(21-17-24)29(7-3)8-4;6-4(7)2-1-3-5(8)9/h9-21H,5-8H2,1-4H3;1-3H2,(H,6,7)(H,8,9)/q+1;/p-2. The molecule has 0 saturated carbocycles. The summed E-state index contributed by atoms with van der Waals surface area (Å²) in [6.07, 6.45) is 8.67. The van der Waals surface area contributed by atoms with Crippen LogP contribution < -0.4 is 15.1 Å². The molecule has 0 bridgehead atoms. The van der Waals surface area contributed by atoms with Crippen molar-refractivity contribution in [1.82, 2.24) is 0 Å². The first-order valence-corrected chi connectivity index (χ1v) is 13.4. The Balaban J connectivity index is 0.000000484. The van der Waals surface area contributed by atoms with E-state index in [0.717, 1.165) is 26.2 Å². The van der Waals surface area contributed by atoms with Gasteiger partial charge in [0, 0.05) is 42.9 Å². The van der Waals surface area contributed by atoms with Crippen LogP contribution in [0.2, 0.25) is 0 Å². The Morgan fingerprint density at radius 1 is 0.711 bits per heavy atom. The summed E-state index contributed by atoms with van der Waals surface area (Å²) in [5, 5.41) is 19.3. The summed E-state index contributed by atoms with van der Waals surface area (Å²) in [4.78, 5) is 21.7. The molecule has 3 rings (SSSR count). The third-order valence-electron chi connectivity index (χ3n) is 6.39. The molecule has 0 radical (unpaired) electrons. The van der Waals surface area contributed by atoms with Crippen LogP contribution in [0.3, 0.4) is 0 Å². The van der Waals surface area contributed by atoms with Crippen LogP contribution in [-0.4, -0.2) is 48.4 Å². The summed E-state index contributed by atoms with van der Waals surface area (Å²) < 4.78 is 2.38. The number of hydrogen-bond acceptors (Lipinski definition) is 5. The Morgan fingerprint density at radius 2 is 1.21 bits per heavy atom. The molecule has 38 heavy (non-hydrogen) atoms. The van der Waals surface area contributed by atoms with Crippen LogP contribution in [0.1, 0.15) is 58.1 Å². The van der Waals surface area contributed by atoms with Crippen molar-refractivity contribution >= 4 is 28.9 Å². The summed E-state index contributed by atoms with van der Waals surface area (Å²) in [7, 11) is 0. The van der Waals surface area contributed by atoms with E-state index < -0.39 is 11.9 Å². The molecule has 202 valence electrons. The maximum atomic E-state index is 9.66. The van der Waals surface area contributed by atoms with Crippen molar-refractivity contribution in [2.75, 3.05) is 31.1 Å². The highest BCUT2D eigenvalue weighted by Crippen LogP contribution is 2.31. The molecule has 0 saturated heterocycles. The van der Waals surface area contributed by atoms with Crippen molar-refractivity contribution in [3.8, 4) is 0 Å². The summed E-state index contributed by atoms with van der Waals surface area (Å²) >= 11 is 0. The molecule has 0 atom stereocenters. The molecule has 1 aliphatic rings. The first-order chi connectivity index (χ1) is 18.3. The van der Waals surface area contributed by atoms with E-state index in [4.69, 9.17) is 0 Å². The molecule has 0 heterocycles. The third-order valence-corrected chi connectivity index (χ3v) is 6.39. The molecule has 6 nitrogen and oxygen atoms in total. The molecule has 1 aliphatic carbocycles. The molecule has 6 heteroatoms. The van der Waals surface area contributed by atoms with Crippen LogP contribution in [0.15, 0.2) is 84.5 Å². The molecular weight excluding hydrogens is 476 g/mol. The van der Waals surface area contributed by atoms with E-state index in [0.29, 0.717) is 0 Å². The zero-order chi connectivity index (χ0) is 27.9. The van der Waals surface area contributed by atoms with E-state index in [9.17, 15) is 19.8 Å². The van der Waals surface area contributed by atoms with Gasteiger partial charge in [-0.1, -0.05) is 42.5 Å². The normalized spacial score (nSPS) is 12.0. The maximum Gasteiger partial charge on any atom is 0.199 e. The highest BCUT2D eigenvalue weighted by atomic mass is 16.4. The number of anilines is 1. The second kappa shape index (κ2) is 16.0. The van der Waals surface area contributed by atoms with Crippen LogP contribution >= 0.6 is 0 Å². The van der Waals surface area contributed by atoms with Gasteiger partial charge in [-0.05, 0) is 93.5 Å². The fourth-order valence-electron chi connectivity index (χ4n) is 4.34. The monoisotopic (exact) mass is 515 g/mol. The molecule has 0 aromatic heterocycles. The van der Waals surface area contributed by atoms with Gasteiger partial charge in [-0.25, -0.2) is 4.58 Å². The van der Waals surface area contributed by atoms with Gasteiger partial charge in [0.25, 0.3) is 0 Å². The van der Waals surface area contributed by atoms with Gasteiger partial charge in [0.1, 0.15) is 13.1 Å². The molecule has 0 spiro atoms. The van der Waals surface area contributed by atoms with E-state index in [1.54, 1.807) is 0 Å². The Kier molecular flexibility index (Phi) is 12.8. The minimum absolute atomic E-state index is 0.0880. The van der Waals surface area contributed by atoms with Crippen LogP contribution in [0.25, 0.3) is 5.57 Å². The van der Waals surface area contributed by atoms with E-state index in [1.165, 1.54) is 33.7 Å². The number of nitrogens with zero attached hydrogens (tertiary/aromatic N) is 2. The lowest BCUT2D eigenvalue weighted by molar-refractivity contribution is -0.519. The highest BCUT2D eigenvalue weighted by Gasteiger charge is 2.14. The van der Waals surface area contributed by atoms with E-state index in [-0.39, 0.29) is 19.3 Å². The fraction of sp³-hybridized carbons (Fsp3) is 0.344. The first-order valence-electron chi connectivity index (χ1n) is 13.4. The zero-order valence-corrected chi connectivity index (χ0v) is 23.0. The van der Waals surface area contributed by atoms with Crippen LogP contribution in [0, 0.1) is 0 Å². The number of carboxylic acids is 2. The molecular formula is C32H39N2O4-. The van der Waals surface area contributed by atoms with Gasteiger partial charge in [0.2, 0.25) is 0 Å². The molecule has 0 unspecified atom stereocenters. The van der Waals surface area contributed by atoms with Crippen molar-refractivity contribution in [1.29, 1.82) is 0 Å². The molecule has 2 aromatic carbocycles. The summed E-state index contributed by atoms with van der Waals surface area (Å²) in [5.41, 5.74) is 7.60. The minimum Gasteiger partial charge on any atom is -0.550 e. The molecule has 0 fully saturated rings. The number of carboxylic acid groups (broad SMARTS) is 2.